The summed E-state index contributed by atoms with van der Waals surface area (Å²) in [7, 11) is -4.11. The van der Waals surface area contributed by atoms with Gasteiger partial charge in [-0.1, -0.05) is 75.1 Å². The average Bonchev–Trinajstić information content (AvgIpc) is 2.85. The zero-order valence-electron chi connectivity index (χ0n) is 20.0. The number of rotatable bonds is 13. The molecular weight excluding hydrogens is 465 g/mol. The summed E-state index contributed by atoms with van der Waals surface area (Å²) in [6, 6.07) is 19.5. The van der Waals surface area contributed by atoms with Crippen LogP contribution in [-0.4, -0.2) is 26.0 Å². The SMILES string of the molecule is CCCCCCCN(c1ccccc1CCc1ccc(C(=O)O)cc1)S(=O)(=O)c1ccccc1F. The number of carboxylic acids is 1. The Hall–Kier alpha value is -3.19. The van der Waals surface area contributed by atoms with Gasteiger partial charge in [-0.3, -0.25) is 4.31 Å². The summed E-state index contributed by atoms with van der Waals surface area (Å²) in [5, 5.41) is 9.10. The smallest absolute Gasteiger partial charge is 0.335 e. The fourth-order valence-electron chi connectivity index (χ4n) is 4.06. The van der Waals surface area contributed by atoms with Gasteiger partial charge in [-0.15, -0.1) is 0 Å². The zero-order valence-corrected chi connectivity index (χ0v) is 20.8. The molecule has 0 radical (unpaired) electrons. The van der Waals surface area contributed by atoms with Gasteiger partial charge >= 0.3 is 5.97 Å². The molecule has 0 heterocycles. The molecule has 5 nitrogen and oxygen atoms in total. The maximum Gasteiger partial charge on any atom is 0.335 e. The van der Waals surface area contributed by atoms with Gasteiger partial charge in [0.1, 0.15) is 10.7 Å². The van der Waals surface area contributed by atoms with E-state index in [4.69, 9.17) is 5.11 Å². The Labute approximate surface area is 207 Å². The molecule has 0 aliphatic rings. The molecule has 0 fully saturated rings. The number of nitrogens with zero attached hydrogens (tertiary/aromatic N) is 1. The Morgan fingerprint density at radius 1 is 0.857 bits per heavy atom. The van der Waals surface area contributed by atoms with E-state index in [2.05, 4.69) is 6.92 Å². The minimum Gasteiger partial charge on any atom is -0.478 e. The first-order chi connectivity index (χ1) is 16.8. The summed E-state index contributed by atoms with van der Waals surface area (Å²) in [5.41, 5.74) is 2.56. The molecule has 0 atom stereocenters. The number of hydrogen-bond donors (Lipinski definition) is 1. The molecule has 3 rings (SSSR count). The van der Waals surface area contributed by atoms with E-state index in [0.29, 0.717) is 24.9 Å². The van der Waals surface area contributed by atoms with Crippen LogP contribution in [0.5, 0.6) is 0 Å². The van der Waals surface area contributed by atoms with E-state index in [1.807, 2.05) is 12.1 Å². The van der Waals surface area contributed by atoms with Gasteiger partial charge in [0.05, 0.1) is 11.3 Å². The maximum atomic E-state index is 14.6. The second kappa shape index (κ2) is 12.5. The molecule has 0 amide bonds. The second-order valence-electron chi connectivity index (χ2n) is 8.55. The van der Waals surface area contributed by atoms with Crippen LogP contribution in [0.15, 0.2) is 77.7 Å². The molecule has 3 aromatic rings. The highest BCUT2D eigenvalue weighted by atomic mass is 32.2. The molecular formula is C28H32FNO4S. The lowest BCUT2D eigenvalue weighted by Crippen LogP contribution is -2.33. The summed E-state index contributed by atoms with van der Waals surface area (Å²) in [5.74, 6) is -1.74. The van der Waals surface area contributed by atoms with Gasteiger partial charge in [-0.2, -0.15) is 0 Å². The number of carbonyl (C=O) groups is 1. The van der Waals surface area contributed by atoms with Crippen molar-refractivity contribution in [3.05, 3.63) is 95.3 Å². The number of sulfonamides is 1. The van der Waals surface area contributed by atoms with Crippen LogP contribution in [0.3, 0.4) is 0 Å². The Morgan fingerprint density at radius 2 is 1.51 bits per heavy atom. The quantitative estimate of drug-likeness (QED) is 0.275. The third-order valence-electron chi connectivity index (χ3n) is 6.01. The number of halogens is 1. The number of carboxylic acid groups (broad SMARTS) is 1. The first-order valence-electron chi connectivity index (χ1n) is 12.0. The molecule has 35 heavy (non-hydrogen) atoms. The van der Waals surface area contributed by atoms with E-state index in [9.17, 15) is 17.6 Å². The first-order valence-corrected chi connectivity index (χ1v) is 13.5. The Morgan fingerprint density at radius 3 is 2.20 bits per heavy atom. The van der Waals surface area contributed by atoms with Gasteiger partial charge in [0.15, 0.2) is 0 Å². The molecule has 0 bridgehead atoms. The molecule has 0 aliphatic carbocycles. The van der Waals surface area contributed by atoms with Gasteiger partial charge in [-0.05, 0) is 60.7 Å². The van der Waals surface area contributed by atoms with Crippen LogP contribution in [0.2, 0.25) is 0 Å². The van der Waals surface area contributed by atoms with E-state index in [1.54, 1.807) is 36.4 Å². The van der Waals surface area contributed by atoms with Gasteiger partial charge in [0.2, 0.25) is 0 Å². The molecule has 186 valence electrons. The predicted molar refractivity (Wildman–Crippen MR) is 137 cm³/mol. The Balaban J connectivity index is 1.89. The second-order valence-corrected chi connectivity index (χ2v) is 10.4. The predicted octanol–water partition coefficient (Wildman–Crippen LogP) is 6.47. The molecule has 0 aliphatic heterocycles. The van der Waals surface area contributed by atoms with Crippen LogP contribution in [-0.2, 0) is 22.9 Å². The highest BCUT2D eigenvalue weighted by Crippen LogP contribution is 2.30. The number of anilines is 1. The zero-order chi connectivity index (χ0) is 25.3. The normalized spacial score (nSPS) is 11.4. The monoisotopic (exact) mass is 497 g/mol. The van der Waals surface area contributed by atoms with Crippen molar-refractivity contribution >= 4 is 21.7 Å². The first kappa shape index (κ1) is 26.4. The molecule has 0 saturated heterocycles. The number of hydrogen-bond acceptors (Lipinski definition) is 3. The van der Waals surface area contributed by atoms with Crippen molar-refractivity contribution < 1.29 is 22.7 Å². The Kier molecular flexibility index (Phi) is 9.43. The fraction of sp³-hybridized carbons (Fsp3) is 0.321. The van der Waals surface area contributed by atoms with Crippen LogP contribution in [0.4, 0.5) is 10.1 Å². The standard InChI is InChI=1S/C28H32FNO4S/c1-2-3-4-5-10-21-30(35(33,34)27-14-9-7-12-25(27)29)26-13-8-6-11-23(26)18-15-22-16-19-24(20-17-22)28(31)32/h6-9,11-14,16-17,19-20H,2-5,10,15,18,21H2,1H3,(H,31,32). The maximum absolute atomic E-state index is 14.6. The number of benzene rings is 3. The summed E-state index contributed by atoms with van der Waals surface area (Å²) in [6.45, 7) is 2.39. The Bertz CT molecular complexity index is 1230. The number of para-hydroxylation sites is 1. The minimum atomic E-state index is -4.11. The van der Waals surface area contributed by atoms with Crippen molar-refractivity contribution in [3.8, 4) is 0 Å². The van der Waals surface area contributed by atoms with Gasteiger partial charge < -0.3 is 5.11 Å². The third kappa shape index (κ3) is 6.92. The van der Waals surface area contributed by atoms with Crippen LogP contribution in [0.1, 0.15) is 60.5 Å². The van der Waals surface area contributed by atoms with Crippen LogP contribution < -0.4 is 4.31 Å². The summed E-state index contributed by atoms with van der Waals surface area (Å²) in [4.78, 5) is 10.8. The van der Waals surface area contributed by atoms with Crippen molar-refractivity contribution in [1.82, 2.24) is 0 Å². The number of aryl methyl sites for hydroxylation is 2. The van der Waals surface area contributed by atoms with E-state index in [0.717, 1.165) is 36.8 Å². The third-order valence-corrected chi connectivity index (χ3v) is 7.86. The lowest BCUT2D eigenvalue weighted by molar-refractivity contribution is 0.0697. The molecule has 0 spiro atoms. The van der Waals surface area contributed by atoms with Crippen molar-refractivity contribution in [3.63, 3.8) is 0 Å². The largest absolute Gasteiger partial charge is 0.478 e. The molecule has 0 saturated carbocycles. The summed E-state index contributed by atoms with van der Waals surface area (Å²) in [6.07, 6.45) is 5.96. The highest BCUT2D eigenvalue weighted by Gasteiger charge is 2.28. The van der Waals surface area contributed by atoms with Crippen LogP contribution in [0, 0.1) is 5.82 Å². The highest BCUT2D eigenvalue weighted by molar-refractivity contribution is 7.92. The topological polar surface area (TPSA) is 74.7 Å². The lowest BCUT2D eigenvalue weighted by Gasteiger charge is -2.27. The van der Waals surface area contributed by atoms with Crippen LogP contribution >= 0.6 is 0 Å². The number of aromatic carboxylic acids is 1. The molecule has 0 unspecified atom stereocenters. The molecule has 7 heteroatoms. The van der Waals surface area contributed by atoms with Crippen molar-refractivity contribution in [2.75, 3.05) is 10.8 Å². The van der Waals surface area contributed by atoms with E-state index >= 15 is 0 Å². The minimum absolute atomic E-state index is 0.222. The lowest BCUT2D eigenvalue weighted by atomic mass is 10.0. The summed E-state index contributed by atoms with van der Waals surface area (Å²) < 4.78 is 43.2. The van der Waals surface area contributed by atoms with Crippen molar-refractivity contribution in [1.29, 1.82) is 0 Å². The van der Waals surface area contributed by atoms with Crippen LogP contribution in [0.25, 0.3) is 0 Å². The van der Waals surface area contributed by atoms with E-state index in [-0.39, 0.29) is 17.0 Å². The van der Waals surface area contributed by atoms with Gasteiger partial charge in [0, 0.05) is 6.54 Å². The molecule has 3 aromatic carbocycles. The van der Waals surface area contributed by atoms with E-state index in [1.165, 1.54) is 28.6 Å². The average molecular weight is 498 g/mol. The summed E-state index contributed by atoms with van der Waals surface area (Å²) >= 11 is 0. The fourth-order valence-corrected chi connectivity index (χ4v) is 5.67. The molecule has 0 aromatic heterocycles. The van der Waals surface area contributed by atoms with Gasteiger partial charge in [-0.25, -0.2) is 17.6 Å². The van der Waals surface area contributed by atoms with E-state index < -0.39 is 21.8 Å². The van der Waals surface area contributed by atoms with Gasteiger partial charge in [0.25, 0.3) is 10.0 Å². The van der Waals surface area contributed by atoms with Crippen molar-refractivity contribution in [2.24, 2.45) is 0 Å². The van der Waals surface area contributed by atoms with Crippen molar-refractivity contribution in [2.45, 2.75) is 56.8 Å². The molecule has 1 N–H and O–H groups in total. The number of unbranched alkanes of at least 4 members (excludes halogenated alkanes) is 4.